The third kappa shape index (κ3) is 3.62. The van der Waals surface area contributed by atoms with Crippen LogP contribution in [0.15, 0.2) is 11.4 Å². The van der Waals surface area contributed by atoms with Gasteiger partial charge in [0.25, 0.3) is 0 Å². The molecule has 0 spiro atoms. The van der Waals surface area contributed by atoms with E-state index >= 15 is 0 Å². The van der Waals surface area contributed by atoms with E-state index in [-0.39, 0.29) is 0 Å². The van der Waals surface area contributed by atoms with Gasteiger partial charge >= 0.3 is 0 Å². The summed E-state index contributed by atoms with van der Waals surface area (Å²) in [4.78, 5) is 1.41. The molecule has 1 aromatic heterocycles. The number of hydrogen-bond acceptors (Lipinski definition) is 2. The second-order valence-corrected chi connectivity index (χ2v) is 5.41. The van der Waals surface area contributed by atoms with Crippen molar-refractivity contribution in [3.05, 3.63) is 21.9 Å². The third-order valence-corrected chi connectivity index (χ3v) is 3.73. The Bertz CT molecular complexity index is 280. The maximum atomic E-state index is 3.60. The van der Waals surface area contributed by atoms with Crippen LogP contribution in [0.25, 0.3) is 0 Å². The largest absolute Gasteiger partial charge is 0.310 e. The summed E-state index contributed by atoms with van der Waals surface area (Å²) in [6.45, 7) is 10.0. The summed E-state index contributed by atoms with van der Waals surface area (Å²) >= 11 is 1.85. The summed E-state index contributed by atoms with van der Waals surface area (Å²) < 4.78 is 0. The fourth-order valence-corrected chi connectivity index (χ4v) is 2.86. The van der Waals surface area contributed by atoms with Gasteiger partial charge < -0.3 is 5.32 Å². The van der Waals surface area contributed by atoms with Crippen molar-refractivity contribution in [3.63, 3.8) is 0 Å². The van der Waals surface area contributed by atoms with E-state index < -0.39 is 0 Å². The van der Waals surface area contributed by atoms with E-state index in [0.717, 1.165) is 12.5 Å². The summed E-state index contributed by atoms with van der Waals surface area (Å²) in [6.07, 6.45) is 2.57. The van der Waals surface area contributed by atoms with E-state index in [1.54, 1.807) is 0 Å². The van der Waals surface area contributed by atoms with Gasteiger partial charge in [0.05, 0.1) is 0 Å². The smallest absolute Gasteiger partial charge is 0.0354 e. The van der Waals surface area contributed by atoms with E-state index in [4.69, 9.17) is 0 Å². The highest BCUT2D eigenvalue weighted by atomic mass is 32.1. The lowest BCUT2D eigenvalue weighted by Gasteiger charge is -2.23. The topological polar surface area (TPSA) is 12.0 Å². The zero-order valence-electron chi connectivity index (χ0n) is 10.3. The molecule has 86 valence electrons. The van der Waals surface area contributed by atoms with E-state index in [1.165, 1.54) is 23.3 Å². The Morgan fingerprint density at radius 3 is 2.60 bits per heavy atom. The van der Waals surface area contributed by atoms with Crippen molar-refractivity contribution >= 4 is 11.3 Å². The van der Waals surface area contributed by atoms with Gasteiger partial charge in [0.15, 0.2) is 0 Å². The van der Waals surface area contributed by atoms with Gasteiger partial charge in [0.2, 0.25) is 0 Å². The number of rotatable bonds is 6. The van der Waals surface area contributed by atoms with Gasteiger partial charge in [-0.05, 0) is 42.8 Å². The average molecular weight is 225 g/mol. The molecule has 0 bridgehead atoms. The molecule has 1 heterocycles. The number of thiophene rings is 1. The van der Waals surface area contributed by atoms with Crippen LogP contribution in [-0.4, -0.2) is 6.54 Å². The van der Waals surface area contributed by atoms with Crippen molar-refractivity contribution in [3.8, 4) is 0 Å². The summed E-state index contributed by atoms with van der Waals surface area (Å²) in [5.74, 6) is 0.726. The van der Waals surface area contributed by atoms with Crippen LogP contribution in [0.3, 0.4) is 0 Å². The van der Waals surface area contributed by atoms with Gasteiger partial charge in [-0.15, -0.1) is 11.3 Å². The van der Waals surface area contributed by atoms with Crippen LogP contribution in [0.5, 0.6) is 0 Å². The lowest BCUT2D eigenvalue weighted by Crippen LogP contribution is -2.26. The fraction of sp³-hybridized carbons (Fsp3) is 0.692. The molecule has 1 N–H and O–H groups in total. The molecule has 0 aliphatic carbocycles. The highest BCUT2D eigenvalue weighted by Gasteiger charge is 2.18. The van der Waals surface area contributed by atoms with E-state index in [9.17, 15) is 0 Å². The molecular formula is C13H23NS. The predicted molar refractivity (Wildman–Crippen MR) is 69.5 cm³/mol. The Balaban J connectivity index is 2.72. The molecule has 1 rings (SSSR count). The molecule has 2 atom stereocenters. The standard InChI is InChI=1S/C13H23NS/c1-5-7-10(3)13(14-6-2)12-8-11(4)15-9-12/h8-10,13-14H,5-7H2,1-4H3. The van der Waals surface area contributed by atoms with E-state index in [1.807, 2.05) is 11.3 Å². The molecule has 0 saturated carbocycles. The molecule has 0 radical (unpaired) electrons. The van der Waals surface area contributed by atoms with Crippen LogP contribution in [0.2, 0.25) is 0 Å². The van der Waals surface area contributed by atoms with Crippen LogP contribution in [-0.2, 0) is 0 Å². The van der Waals surface area contributed by atoms with Gasteiger partial charge in [0, 0.05) is 10.9 Å². The van der Waals surface area contributed by atoms with Gasteiger partial charge in [-0.3, -0.25) is 0 Å². The Kier molecular flexibility index (Phi) is 5.34. The van der Waals surface area contributed by atoms with Crippen LogP contribution >= 0.6 is 11.3 Å². The van der Waals surface area contributed by atoms with Crippen molar-refractivity contribution in [1.29, 1.82) is 0 Å². The third-order valence-electron chi connectivity index (χ3n) is 2.85. The summed E-state index contributed by atoms with van der Waals surface area (Å²) in [6, 6.07) is 2.87. The quantitative estimate of drug-likeness (QED) is 0.767. The molecule has 0 aliphatic heterocycles. The number of aryl methyl sites for hydroxylation is 1. The normalized spacial score (nSPS) is 15.2. The van der Waals surface area contributed by atoms with Crippen LogP contribution in [0.1, 0.15) is 50.1 Å². The SMILES string of the molecule is CCCC(C)C(NCC)c1csc(C)c1. The fourth-order valence-electron chi connectivity index (χ4n) is 2.12. The molecule has 0 fully saturated rings. The monoisotopic (exact) mass is 225 g/mol. The van der Waals surface area contributed by atoms with Crippen molar-refractivity contribution in [2.24, 2.45) is 5.92 Å². The maximum Gasteiger partial charge on any atom is 0.0354 e. The minimum Gasteiger partial charge on any atom is -0.310 e. The van der Waals surface area contributed by atoms with E-state index in [0.29, 0.717) is 6.04 Å². The Morgan fingerprint density at radius 1 is 1.40 bits per heavy atom. The number of nitrogens with one attached hydrogen (secondary N) is 1. The highest BCUT2D eigenvalue weighted by Crippen LogP contribution is 2.28. The first-order valence-electron chi connectivity index (χ1n) is 5.97. The first-order chi connectivity index (χ1) is 7.19. The van der Waals surface area contributed by atoms with Crippen LogP contribution < -0.4 is 5.32 Å². The summed E-state index contributed by atoms with van der Waals surface area (Å²) in [7, 11) is 0. The number of hydrogen-bond donors (Lipinski definition) is 1. The van der Waals surface area contributed by atoms with Crippen molar-refractivity contribution < 1.29 is 0 Å². The molecule has 0 amide bonds. The van der Waals surface area contributed by atoms with Gasteiger partial charge in [-0.2, -0.15) is 0 Å². The average Bonchev–Trinajstić information content (AvgIpc) is 2.61. The molecular weight excluding hydrogens is 202 g/mol. The molecule has 0 saturated heterocycles. The van der Waals surface area contributed by atoms with Gasteiger partial charge in [-0.25, -0.2) is 0 Å². The van der Waals surface area contributed by atoms with Crippen LogP contribution in [0, 0.1) is 12.8 Å². The second kappa shape index (κ2) is 6.29. The first kappa shape index (κ1) is 12.7. The van der Waals surface area contributed by atoms with Crippen molar-refractivity contribution in [2.75, 3.05) is 6.54 Å². The summed E-state index contributed by atoms with van der Waals surface area (Å²) in [5, 5.41) is 5.90. The lowest BCUT2D eigenvalue weighted by molar-refractivity contribution is 0.370. The second-order valence-electron chi connectivity index (χ2n) is 4.29. The molecule has 1 nitrogen and oxygen atoms in total. The van der Waals surface area contributed by atoms with Crippen molar-refractivity contribution in [1.82, 2.24) is 5.32 Å². The molecule has 2 unspecified atom stereocenters. The first-order valence-corrected chi connectivity index (χ1v) is 6.85. The predicted octanol–water partition coefficient (Wildman–Crippen LogP) is 4.14. The minimum atomic E-state index is 0.542. The zero-order chi connectivity index (χ0) is 11.3. The van der Waals surface area contributed by atoms with Crippen molar-refractivity contribution in [2.45, 2.75) is 46.6 Å². The molecule has 0 aromatic carbocycles. The highest BCUT2D eigenvalue weighted by molar-refractivity contribution is 7.10. The maximum absolute atomic E-state index is 3.60. The Labute approximate surface area is 97.9 Å². The minimum absolute atomic E-state index is 0.542. The summed E-state index contributed by atoms with van der Waals surface area (Å²) in [5.41, 5.74) is 1.47. The van der Waals surface area contributed by atoms with E-state index in [2.05, 4.69) is 44.5 Å². The van der Waals surface area contributed by atoms with Crippen LogP contribution in [0.4, 0.5) is 0 Å². The van der Waals surface area contributed by atoms with Gasteiger partial charge in [0.1, 0.15) is 0 Å². The Hall–Kier alpha value is -0.340. The Morgan fingerprint density at radius 2 is 2.13 bits per heavy atom. The lowest BCUT2D eigenvalue weighted by atomic mass is 9.92. The van der Waals surface area contributed by atoms with Gasteiger partial charge in [-0.1, -0.05) is 27.2 Å². The molecule has 2 heteroatoms. The molecule has 0 aliphatic rings. The molecule has 1 aromatic rings. The zero-order valence-corrected chi connectivity index (χ0v) is 11.2. The molecule has 15 heavy (non-hydrogen) atoms.